The fraction of sp³-hybridized carbons (Fsp3) is 0.571. The van der Waals surface area contributed by atoms with Gasteiger partial charge in [-0.05, 0) is 24.8 Å². The molecule has 0 atom stereocenters. The van der Waals surface area contributed by atoms with Crippen LogP contribution < -0.4 is 4.74 Å². The summed E-state index contributed by atoms with van der Waals surface area (Å²) in [6.07, 6.45) is 7.15. The van der Waals surface area contributed by atoms with Gasteiger partial charge in [0.25, 0.3) is 5.69 Å². The van der Waals surface area contributed by atoms with Crippen molar-refractivity contribution in [3.63, 3.8) is 0 Å². The van der Waals surface area contributed by atoms with Gasteiger partial charge in [0.15, 0.2) is 11.6 Å². The molecule has 0 aromatic heterocycles. The topological polar surface area (TPSA) is 52.4 Å². The molecule has 19 heavy (non-hydrogen) atoms. The summed E-state index contributed by atoms with van der Waals surface area (Å²) in [5.41, 5.74) is -0.146. The molecule has 1 aliphatic carbocycles. The van der Waals surface area contributed by atoms with Crippen molar-refractivity contribution in [2.24, 2.45) is 5.92 Å². The first kappa shape index (κ1) is 13.8. The van der Waals surface area contributed by atoms with Gasteiger partial charge in [-0.15, -0.1) is 0 Å². The maximum Gasteiger partial charge on any atom is 0.273 e. The van der Waals surface area contributed by atoms with E-state index in [1.54, 1.807) is 0 Å². The molecule has 0 aliphatic heterocycles. The molecule has 1 saturated carbocycles. The molecule has 0 N–H and O–H groups in total. The number of halogens is 1. The molecule has 1 aliphatic rings. The minimum absolute atomic E-state index is 0.0272. The summed E-state index contributed by atoms with van der Waals surface area (Å²) >= 11 is 0. The molecule has 1 aromatic rings. The fourth-order valence-electron chi connectivity index (χ4n) is 2.57. The second-order valence-electron chi connectivity index (χ2n) is 5.01. The van der Waals surface area contributed by atoms with E-state index in [9.17, 15) is 14.5 Å². The Morgan fingerprint density at radius 2 is 2.11 bits per heavy atom. The molecular weight excluding hydrogens is 249 g/mol. The number of nitrogens with zero attached hydrogens (tertiary/aromatic N) is 1. The first-order valence-electron chi connectivity index (χ1n) is 6.73. The van der Waals surface area contributed by atoms with Crippen LogP contribution in [0.2, 0.25) is 0 Å². The molecule has 0 heterocycles. The van der Waals surface area contributed by atoms with Gasteiger partial charge in [-0.25, -0.2) is 4.39 Å². The third-order valence-electron chi connectivity index (χ3n) is 3.61. The summed E-state index contributed by atoms with van der Waals surface area (Å²) in [4.78, 5) is 10.0. The van der Waals surface area contributed by atoms with Crippen LogP contribution in [0.3, 0.4) is 0 Å². The first-order valence-corrected chi connectivity index (χ1v) is 6.73. The quantitative estimate of drug-likeness (QED) is 0.443. The van der Waals surface area contributed by atoms with Crippen LogP contribution in [0, 0.1) is 21.8 Å². The van der Waals surface area contributed by atoms with Crippen LogP contribution in [0.1, 0.15) is 38.5 Å². The third-order valence-corrected chi connectivity index (χ3v) is 3.61. The number of rotatable bonds is 6. The Kier molecular flexibility index (Phi) is 4.71. The van der Waals surface area contributed by atoms with Crippen LogP contribution in [0.25, 0.3) is 0 Å². The number of benzene rings is 1. The van der Waals surface area contributed by atoms with Crippen molar-refractivity contribution in [1.82, 2.24) is 0 Å². The number of nitro benzene ring substituents is 1. The van der Waals surface area contributed by atoms with E-state index < -0.39 is 10.7 Å². The van der Waals surface area contributed by atoms with E-state index >= 15 is 0 Å². The monoisotopic (exact) mass is 267 g/mol. The molecule has 0 unspecified atom stereocenters. The highest BCUT2D eigenvalue weighted by atomic mass is 19.1. The van der Waals surface area contributed by atoms with Crippen molar-refractivity contribution < 1.29 is 14.1 Å². The maximum atomic E-state index is 13.4. The van der Waals surface area contributed by atoms with Gasteiger partial charge in [-0.2, -0.15) is 0 Å². The maximum absolute atomic E-state index is 13.4. The van der Waals surface area contributed by atoms with E-state index in [1.807, 2.05) is 0 Å². The Hall–Kier alpha value is -1.65. The fourth-order valence-corrected chi connectivity index (χ4v) is 2.57. The molecule has 104 valence electrons. The van der Waals surface area contributed by atoms with E-state index in [0.29, 0.717) is 6.61 Å². The highest BCUT2D eigenvalue weighted by Crippen LogP contribution is 2.29. The van der Waals surface area contributed by atoms with Gasteiger partial charge in [0.05, 0.1) is 17.6 Å². The summed E-state index contributed by atoms with van der Waals surface area (Å²) in [5.74, 6) is 0.200. The van der Waals surface area contributed by atoms with E-state index in [0.717, 1.165) is 37.0 Å². The van der Waals surface area contributed by atoms with Gasteiger partial charge in [0.1, 0.15) is 0 Å². The van der Waals surface area contributed by atoms with Crippen molar-refractivity contribution in [3.8, 4) is 5.75 Å². The number of ether oxygens (including phenoxy) is 1. The highest BCUT2D eigenvalue weighted by Gasteiger charge is 2.15. The normalized spacial score (nSPS) is 15.6. The van der Waals surface area contributed by atoms with Crippen molar-refractivity contribution in [2.45, 2.75) is 38.5 Å². The summed E-state index contributed by atoms with van der Waals surface area (Å²) < 4.78 is 18.7. The highest BCUT2D eigenvalue weighted by molar-refractivity contribution is 5.39. The predicted molar refractivity (Wildman–Crippen MR) is 69.7 cm³/mol. The molecule has 1 fully saturated rings. The molecule has 0 amide bonds. The number of hydrogen-bond acceptors (Lipinski definition) is 3. The van der Waals surface area contributed by atoms with Crippen LogP contribution >= 0.6 is 0 Å². The largest absolute Gasteiger partial charge is 0.490 e. The van der Waals surface area contributed by atoms with Gasteiger partial charge in [-0.3, -0.25) is 10.1 Å². The third kappa shape index (κ3) is 3.91. The Morgan fingerprint density at radius 1 is 1.37 bits per heavy atom. The lowest BCUT2D eigenvalue weighted by molar-refractivity contribution is -0.385. The van der Waals surface area contributed by atoms with E-state index in [-0.39, 0.29) is 11.4 Å². The summed E-state index contributed by atoms with van der Waals surface area (Å²) in [7, 11) is 0. The van der Waals surface area contributed by atoms with Crippen LogP contribution in [-0.4, -0.2) is 11.5 Å². The SMILES string of the molecule is O=[N+]([O-])c1ccc(F)c(OCCCC2CCCC2)c1. The summed E-state index contributed by atoms with van der Waals surface area (Å²) in [6, 6.07) is 3.36. The van der Waals surface area contributed by atoms with Gasteiger partial charge >= 0.3 is 0 Å². The van der Waals surface area contributed by atoms with Crippen molar-refractivity contribution in [3.05, 3.63) is 34.1 Å². The van der Waals surface area contributed by atoms with Gasteiger partial charge < -0.3 is 4.74 Å². The minimum atomic E-state index is -0.551. The Morgan fingerprint density at radius 3 is 2.79 bits per heavy atom. The van der Waals surface area contributed by atoms with E-state index in [2.05, 4.69) is 0 Å². The lowest BCUT2D eigenvalue weighted by Crippen LogP contribution is -2.03. The van der Waals surface area contributed by atoms with Crippen LogP contribution in [0.15, 0.2) is 18.2 Å². The van der Waals surface area contributed by atoms with E-state index in [4.69, 9.17) is 4.74 Å². The average Bonchev–Trinajstić information content (AvgIpc) is 2.89. The molecule has 0 radical (unpaired) electrons. The standard InChI is InChI=1S/C14H18FNO3/c15-13-8-7-12(16(17)18)10-14(13)19-9-3-6-11-4-1-2-5-11/h7-8,10-11H,1-6,9H2. The van der Waals surface area contributed by atoms with Crippen molar-refractivity contribution in [1.29, 1.82) is 0 Å². The molecule has 0 saturated heterocycles. The summed E-state index contributed by atoms with van der Waals surface area (Å²) in [6.45, 7) is 0.411. The zero-order valence-electron chi connectivity index (χ0n) is 10.8. The lowest BCUT2D eigenvalue weighted by atomic mass is 10.0. The average molecular weight is 267 g/mol. The zero-order chi connectivity index (χ0) is 13.7. The Balaban J connectivity index is 1.81. The molecular formula is C14H18FNO3. The summed E-state index contributed by atoms with van der Waals surface area (Å²) in [5, 5.41) is 10.6. The first-order chi connectivity index (χ1) is 9.16. The molecule has 0 spiro atoms. The second-order valence-corrected chi connectivity index (χ2v) is 5.01. The zero-order valence-corrected chi connectivity index (χ0v) is 10.8. The molecule has 1 aromatic carbocycles. The minimum Gasteiger partial charge on any atom is -0.490 e. The molecule has 4 nitrogen and oxygen atoms in total. The lowest BCUT2D eigenvalue weighted by Gasteiger charge is -2.10. The van der Waals surface area contributed by atoms with Crippen molar-refractivity contribution >= 4 is 5.69 Å². The molecule has 0 bridgehead atoms. The number of non-ortho nitro benzene ring substituents is 1. The van der Waals surface area contributed by atoms with Crippen LogP contribution in [0.5, 0.6) is 5.75 Å². The van der Waals surface area contributed by atoms with Gasteiger partial charge in [-0.1, -0.05) is 25.7 Å². The molecule has 2 rings (SSSR count). The molecule has 5 heteroatoms. The predicted octanol–water partition coefficient (Wildman–Crippen LogP) is 4.08. The van der Waals surface area contributed by atoms with Crippen LogP contribution in [0.4, 0.5) is 10.1 Å². The van der Waals surface area contributed by atoms with Crippen molar-refractivity contribution in [2.75, 3.05) is 6.61 Å². The Labute approximate surface area is 111 Å². The van der Waals surface area contributed by atoms with Crippen LogP contribution in [-0.2, 0) is 0 Å². The Bertz CT molecular complexity index is 444. The number of hydrogen-bond donors (Lipinski definition) is 0. The van der Waals surface area contributed by atoms with Gasteiger partial charge in [0.2, 0.25) is 0 Å². The van der Waals surface area contributed by atoms with Gasteiger partial charge in [0, 0.05) is 6.07 Å². The second kappa shape index (κ2) is 6.50. The van der Waals surface area contributed by atoms with E-state index in [1.165, 1.54) is 25.7 Å². The number of nitro groups is 1. The smallest absolute Gasteiger partial charge is 0.273 e.